The number of carbonyl (C=O) groups is 1. The number of carboxylic acids is 1. The minimum absolute atomic E-state index is 0.546. The van der Waals surface area contributed by atoms with Crippen molar-refractivity contribution in [3.8, 4) is 5.75 Å². The fourth-order valence-electron chi connectivity index (χ4n) is 3.29. The summed E-state index contributed by atoms with van der Waals surface area (Å²) in [7, 11) is 0. The molecule has 0 saturated heterocycles. The van der Waals surface area contributed by atoms with Crippen molar-refractivity contribution >= 4 is 16.9 Å². The molecule has 0 aliphatic heterocycles. The van der Waals surface area contributed by atoms with Gasteiger partial charge in [0.05, 0.1) is 0 Å². The van der Waals surface area contributed by atoms with E-state index in [4.69, 9.17) is 9.15 Å². The van der Waals surface area contributed by atoms with Crippen LogP contribution in [0.1, 0.15) is 56.8 Å². The second-order valence-corrected chi connectivity index (χ2v) is 6.31. The van der Waals surface area contributed by atoms with Crippen molar-refractivity contribution in [2.75, 3.05) is 0 Å². The van der Waals surface area contributed by atoms with Crippen LogP contribution in [0.2, 0.25) is 0 Å². The molecule has 4 heteroatoms. The number of hydrogen-bond acceptors (Lipinski definition) is 3. The molecule has 4 nitrogen and oxygen atoms in total. The van der Waals surface area contributed by atoms with E-state index in [0.29, 0.717) is 12.2 Å². The van der Waals surface area contributed by atoms with Crippen LogP contribution in [0.4, 0.5) is 0 Å². The van der Waals surface area contributed by atoms with E-state index >= 15 is 0 Å². The van der Waals surface area contributed by atoms with Gasteiger partial charge in [-0.15, -0.1) is 0 Å². The Morgan fingerprint density at radius 3 is 2.91 bits per heavy atom. The molecule has 1 heterocycles. The topological polar surface area (TPSA) is 59.7 Å². The van der Waals surface area contributed by atoms with Gasteiger partial charge >= 0.3 is 5.97 Å². The highest BCUT2D eigenvalue weighted by molar-refractivity contribution is 5.84. The highest BCUT2D eigenvalue weighted by atomic mass is 16.5. The van der Waals surface area contributed by atoms with E-state index in [2.05, 4.69) is 6.92 Å². The van der Waals surface area contributed by atoms with Gasteiger partial charge in [0, 0.05) is 17.4 Å². The lowest BCUT2D eigenvalue weighted by Crippen LogP contribution is -2.26. The summed E-state index contributed by atoms with van der Waals surface area (Å²) in [5, 5.41) is 10.4. The number of carboxylic acid groups (broad SMARTS) is 1. The standard InChI is InChI=1S/C19H24O4/c1-2-3-4-9-18(19(20)21)22-13-10-11-17-15(12-13)14-7-5-6-8-16(14)23-17/h10-12,18H,2-9H2,1H3,(H,20,21). The monoisotopic (exact) mass is 316 g/mol. The molecule has 1 aliphatic carbocycles. The number of unbranched alkanes of at least 4 members (excludes halogenated alkanes) is 2. The number of aryl methyl sites for hydroxylation is 2. The maximum absolute atomic E-state index is 11.4. The van der Waals surface area contributed by atoms with Gasteiger partial charge in [0.2, 0.25) is 0 Å². The molecule has 0 bridgehead atoms. The molecule has 3 rings (SSSR count). The van der Waals surface area contributed by atoms with E-state index in [1.54, 1.807) is 0 Å². The summed E-state index contributed by atoms with van der Waals surface area (Å²) in [5.74, 6) is 0.812. The van der Waals surface area contributed by atoms with Crippen LogP contribution in [0, 0.1) is 0 Å². The first-order valence-electron chi connectivity index (χ1n) is 8.62. The lowest BCUT2D eigenvalue weighted by atomic mass is 9.96. The summed E-state index contributed by atoms with van der Waals surface area (Å²) in [6.07, 6.45) is 7.12. The predicted octanol–water partition coefficient (Wildman–Crippen LogP) is 4.72. The van der Waals surface area contributed by atoms with Crippen LogP contribution in [-0.2, 0) is 17.6 Å². The van der Waals surface area contributed by atoms with Gasteiger partial charge in [-0.3, -0.25) is 0 Å². The lowest BCUT2D eigenvalue weighted by Gasteiger charge is -2.15. The Hall–Kier alpha value is -1.97. The predicted molar refractivity (Wildman–Crippen MR) is 89.0 cm³/mol. The number of benzene rings is 1. The summed E-state index contributed by atoms with van der Waals surface area (Å²) >= 11 is 0. The minimum Gasteiger partial charge on any atom is -0.479 e. The summed E-state index contributed by atoms with van der Waals surface area (Å²) < 4.78 is 11.7. The quantitative estimate of drug-likeness (QED) is 0.751. The molecular weight excluding hydrogens is 292 g/mol. The summed E-state index contributed by atoms with van der Waals surface area (Å²) in [5.41, 5.74) is 2.15. The Morgan fingerprint density at radius 2 is 2.13 bits per heavy atom. The van der Waals surface area contributed by atoms with E-state index in [1.165, 1.54) is 18.4 Å². The molecule has 124 valence electrons. The summed E-state index contributed by atoms with van der Waals surface area (Å²) in [4.78, 5) is 11.4. The van der Waals surface area contributed by atoms with Crippen LogP contribution in [0.5, 0.6) is 5.75 Å². The molecule has 1 N–H and O–H groups in total. The first-order valence-corrected chi connectivity index (χ1v) is 8.62. The SMILES string of the molecule is CCCCCC(Oc1ccc2oc3c(c2c1)CCCC3)C(=O)O. The normalized spacial score (nSPS) is 15.3. The first kappa shape index (κ1) is 15.9. The van der Waals surface area contributed by atoms with Crippen LogP contribution in [0.3, 0.4) is 0 Å². The van der Waals surface area contributed by atoms with Crippen molar-refractivity contribution < 1.29 is 19.1 Å². The molecule has 1 atom stereocenters. The minimum atomic E-state index is -0.893. The van der Waals surface area contributed by atoms with Crippen molar-refractivity contribution in [2.24, 2.45) is 0 Å². The van der Waals surface area contributed by atoms with Crippen LogP contribution >= 0.6 is 0 Å². The van der Waals surface area contributed by atoms with Crippen molar-refractivity contribution in [1.82, 2.24) is 0 Å². The fourth-order valence-corrected chi connectivity index (χ4v) is 3.29. The van der Waals surface area contributed by atoms with E-state index in [-0.39, 0.29) is 0 Å². The maximum Gasteiger partial charge on any atom is 0.344 e. The zero-order valence-electron chi connectivity index (χ0n) is 13.6. The average Bonchev–Trinajstić information content (AvgIpc) is 2.92. The van der Waals surface area contributed by atoms with E-state index < -0.39 is 12.1 Å². The summed E-state index contributed by atoms with van der Waals surface area (Å²) in [6.45, 7) is 2.10. The molecule has 0 saturated carbocycles. The Bertz CT molecular complexity index is 686. The van der Waals surface area contributed by atoms with Crippen LogP contribution < -0.4 is 4.74 Å². The van der Waals surface area contributed by atoms with Crippen molar-refractivity contribution in [3.63, 3.8) is 0 Å². The number of ether oxygens (including phenoxy) is 1. The number of furan rings is 1. The number of rotatable bonds is 7. The van der Waals surface area contributed by atoms with Gasteiger partial charge in [-0.1, -0.05) is 19.8 Å². The Kier molecular flexibility index (Phi) is 4.89. The molecule has 0 fully saturated rings. The van der Waals surface area contributed by atoms with Crippen molar-refractivity contribution in [3.05, 3.63) is 29.5 Å². The molecule has 0 spiro atoms. The van der Waals surface area contributed by atoms with E-state index in [0.717, 1.165) is 48.8 Å². The lowest BCUT2D eigenvalue weighted by molar-refractivity contribution is -0.145. The smallest absolute Gasteiger partial charge is 0.344 e. The molecule has 1 unspecified atom stereocenters. The molecule has 0 amide bonds. The molecule has 2 aromatic rings. The number of fused-ring (bicyclic) bond motifs is 3. The van der Waals surface area contributed by atoms with Crippen molar-refractivity contribution in [2.45, 2.75) is 64.4 Å². The second-order valence-electron chi connectivity index (χ2n) is 6.31. The van der Waals surface area contributed by atoms with Gasteiger partial charge in [0.15, 0.2) is 6.10 Å². The third-order valence-corrected chi connectivity index (χ3v) is 4.55. The molecular formula is C19H24O4. The van der Waals surface area contributed by atoms with E-state index in [9.17, 15) is 9.90 Å². The highest BCUT2D eigenvalue weighted by Gasteiger charge is 2.21. The average molecular weight is 316 g/mol. The zero-order valence-corrected chi connectivity index (χ0v) is 13.6. The maximum atomic E-state index is 11.4. The van der Waals surface area contributed by atoms with Gasteiger partial charge in [-0.25, -0.2) is 4.79 Å². The highest BCUT2D eigenvalue weighted by Crippen LogP contribution is 2.34. The van der Waals surface area contributed by atoms with Crippen LogP contribution in [0.25, 0.3) is 11.0 Å². The van der Waals surface area contributed by atoms with Crippen LogP contribution in [-0.4, -0.2) is 17.2 Å². The van der Waals surface area contributed by atoms with Gasteiger partial charge in [0.25, 0.3) is 0 Å². The summed E-state index contributed by atoms with van der Waals surface area (Å²) in [6, 6.07) is 5.65. The second kappa shape index (κ2) is 7.07. The van der Waals surface area contributed by atoms with Gasteiger partial charge < -0.3 is 14.3 Å². The Labute approximate surface area is 136 Å². The van der Waals surface area contributed by atoms with Crippen molar-refractivity contribution in [1.29, 1.82) is 0 Å². The van der Waals surface area contributed by atoms with Gasteiger partial charge in [-0.2, -0.15) is 0 Å². The first-order chi connectivity index (χ1) is 11.2. The molecule has 0 radical (unpaired) electrons. The third kappa shape index (κ3) is 3.52. The number of aliphatic carboxylic acids is 1. The van der Waals surface area contributed by atoms with Gasteiger partial charge in [-0.05, 0) is 50.3 Å². The largest absolute Gasteiger partial charge is 0.479 e. The molecule has 23 heavy (non-hydrogen) atoms. The Morgan fingerprint density at radius 1 is 1.30 bits per heavy atom. The molecule has 1 aliphatic rings. The fraction of sp³-hybridized carbons (Fsp3) is 0.526. The Balaban J connectivity index is 1.80. The zero-order chi connectivity index (χ0) is 16.2. The third-order valence-electron chi connectivity index (χ3n) is 4.55. The molecule has 1 aromatic carbocycles. The molecule has 1 aromatic heterocycles. The van der Waals surface area contributed by atoms with Crippen LogP contribution in [0.15, 0.2) is 22.6 Å². The van der Waals surface area contributed by atoms with Gasteiger partial charge in [0.1, 0.15) is 17.1 Å². The number of hydrogen-bond donors (Lipinski definition) is 1. The van der Waals surface area contributed by atoms with E-state index in [1.807, 2.05) is 18.2 Å².